The van der Waals surface area contributed by atoms with Gasteiger partial charge >= 0.3 is 0 Å². The molecule has 2 aliphatic heterocycles. The summed E-state index contributed by atoms with van der Waals surface area (Å²) in [5.41, 5.74) is 0. The van der Waals surface area contributed by atoms with E-state index in [1.54, 1.807) is 7.11 Å². The second kappa shape index (κ2) is 11.6. The predicted molar refractivity (Wildman–Crippen MR) is 121 cm³/mol. The first-order chi connectivity index (χ1) is 12.8. The lowest BCUT2D eigenvalue weighted by Crippen LogP contribution is -2.43. The molecule has 27 heavy (non-hydrogen) atoms. The van der Waals surface area contributed by atoms with Gasteiger partial charge in [0.15, 0.2) is 5.96 Å². The van der Waals surface area contributed by atoms with Crippen molar-refractivity contribution >= 4 is 29.9 Å². The summed E-state index contributed by atoms with van der Waals surface area (Å²) in [6, 6.07) is 8.43. The van der Waals surface area contributed by atoms with Crippen LogP contribution < -0.4 is 14.8 Å². The lowest BCUT2D eigenvalue weighted by atomic mass is 10.2. The van der Waals surface area contributed by atoms with E-state index in [9.17, 15) is 0 Å². The highest BCUT2D eigenvalue weighted by atomic mass is 127. The molecule has 3 rings (SSSR count). The van der Waals surface area contributed by atoms with Crippen LogP contribution in [0.25, 0.3) is 0 Å². The average molecular weight is 488 g/mol. The van der Waals surface area contributed by atoms with E-state index in [4.69, 9.17) is 9.47 Å². The number of hydrogen-bond donors (Lipinski definition) is 1. The molecule has 0 radical (unpaired) electrons. The number of ether oxygens (including phenoxy) is 2. The maximum Gasteiger partial charge on any atom is 0.193 e. The second-order valence-electron chi connectivity index (χ2n) is 6.99. The third-order valence-corrected chi connectivity index (χ3v) is 5.25. The van der Waals surface area contributed by atoms with E-state index in [0.717, 1.165) is 43.5 Å². The van der Waals surface area contributed by atoms with E-state index >= 15 is 0 Å². The number of hydrogen-bond acceptors (Lipinski definition) is 4. The van der Waals surface area contributed by atoms with Gasteiger partial charge in [-0.2, -0.15) is 0 Å². The van der Waals surface area contributed by atoms with Crippen LogP contribution >= 0.6 is 24.0 Å². The number of methoxy groups -OCH3 is 1. The highest BCUT2D eigenvalue weighted by molar-refractivity contribution is 14.0. The fourth-order valence-corrected chi connectivity index (χ4v) is 3.82. The van der Waals surface area contributed by atoms with Gasteiger partial charge in [-0.15, -0.1) is 24.0 Å². The number of guanidine groups is 1. The van der Waals surface area contributed by atoms with Gasteiger partial charge in [0.1, 0.15) is 11.5 Å². The topological polar surface area (TPSA) is 49.3 Å². The Morgan fingerprint density at radius 3 is 2.74 bits per heavy atom. The Hall–Kier alpha value is -1.22. The van der Waals surface area contributed by atoms with Gasteiger partial charge in [0, 0.05) is 38.8 Å². The van der Waals surface area contributed by atoms with Gasteiger partial charge in [0.05, 0.1) is 13.7 Å². The van der Waals surface area contributed by atoms with Gasteiger partial charge in [0.2, 0.25) is 0 Å². The Kier molecular flexibility index (Phi) is 9.47. The number of nitrogens with one attached hydrogen (secondary N) is 1. The highest BCUT2D eigenvalue weighted by Gasteiger charge is 2.30. The molecular formula is C20H33IN4O2. The van der Waals surface area contributed by atoms with Crippen LogP contribution in [0.3, 0.4) is 0 Å². The fourth-order valence-electron chi connectivity index (χ4n) is 3.82. The molecule has 0 amide bonds. The van der Waals surface area contributed by atoms with Gasteiger partial charge in [0.25, 0.3) is 0 Å². The molecule has 7 heteroatoms. The first-order valence-corrected chi connectivity index (χ1v) is 9.76. The number of aliphatic imine (C=N–C) groups is 1. The smallest absolute Gasteiger partial charge is 0.193 e. The van der Waals surface area contributed by atoms with E-state index in [1.165, 1.54) is 32.4 Å². The van der Waals surface area contributed by atoms with Crippen LogP contribution in [-0.4, -0.2) is 75.3 Å². The molecule has 1 unspecified atom stereocenters. The molecule has 2 aliphatic rings. The van der Waals surface area contributed by atoms with Crippen LogP contribution in [0.4, 0.5) is 0 Å². The highest BCUT2D eigenvalue weighted by Crippen LogP contribution is 2.20. The van der Waals surface area contributed by atoms with Gasteiger partial charge < -0.3 is 19.7 Å². The summed E-state index contributed by atoms with van der Waals surface area (Å²) >= 11 is 0. The van der Waals surface area contributed by atoms with Crippen LogP contribution in [0.2, 0.25) is 0 Å². The summed E-state index contributed by atoms with van der Waals surface area (Å²) in [7, 11) is 3.54. The fraction of sp³-hybridized carbons (Fsp3) is 0.650. The molecule has 1 aromatic rings. The van der Waals surface area contributed by atoms with Crippen molar-refractivity contribution in [3.63, 3.8) is 0 Å². The van der Waals surface area contributed by atoms with E-state index in [2.05, 4.69) is 20.1 Å². The zero-order valence-electron chi connectivity index (χ0n) is 16.5. The summed E-state index contributed by atoms with van der Waals surface area (Å²) in [6.07, 6.45) is 4.90. The zero-order valence-corrected chi connectivity index (χ0v) is 18.9. The van der Waals surface area contributed by atoms with Gasteiger partial charge in [-0.3, -0.25) is 9.89 Å². The van der Waals surface area contributed by atoms with Crippen LogP contribution in [0.1, 0.15) is 25.7 Å². The molecular weight excluding hydrogens is 455 g/mol. The SMILES string of the molecule is CN=C(NCCCOc1cccc(OC)c1)N1CCC(N2CCCC2)C1.I. The van der Waals surface area contributed by atoms with Crippen LogP contribution in [0.5, 0.6) is 11.5 Å². The number of nitrogens with zero attached hydrogens (tertiary/aromatic N) is 3. The maximum atomic E-state index is 5.79. The molecule has 2 fully saturated rings. The summed E-state index contributed by atoms with van der Waals surface area (Å²) in [6.45, 7) is 6.27. The maximum absolute atomic E-state index is 5.79. The first kappa shape index (κ1) is 22.1. The molecule has 152 valence electrons. The van der Waals surface area contributed by atoms with E-state index < -0.39 is 0 Å². The van der Waals surface area contributed by atoms with Crippen molar-refractivity contribution in [2.24, 2.45) is 4.99 Å². The number of halogens is 1. The Morgan fingerprint density at radius 2 is 2.00 bits per heavy atom. The average Bonchev–Trinajstić information content (AvgIpc) is 3.36. The molecule has 1 atom stereocenters. The Labute approximate surface area is 180 Å². The summed E-state index contributed by atoms with van der Waals surface area (Å²) in [4.78, 5) is 9.51. The van der Waals surface area contributed by atoms with Crippen molar-refractivity contribution in [3.05, 3.63) is 24.3 Å². The Bertz CT molecular complexity index is 593. The molecule has 0 aliphatic carbocycles. The minimum Gasteiger partial charge on any atom is -0.497 e. The van der Waals surface area contributed by atoms with Crippen LogP contribution in [-0.2, 0) is 0 Å². The quantitative estimate of drug-likeness (QED) is 0.277. The van der Waals surface area contributed by atoms with E-state index in [1.807, 2.05) is 31.3 Å². The van der Waals surface area contributed by atoms with Gasteiger partial charge in [-0.05, 0) is 50.9 Å². The lowest BCUT2D eigenvalue weighted by Gasteiger charge is -2.25. The predicted octanol–water partition coefficient (Wildman–Crippen LogP) is 2.83. The zero-order chi connectivity index (χ0) is 18.2. The first-order valence-electron chi connectivity index (χ1n) is 9.76. The van der Waals surface area contributed by atoms with Crippen molar-refractivity contribution in [2.45, 2.75) is 31.7 Å². The molecule has 2 saturated heterocycles. The normalized spacial score (nSPS) is 20.4. The third-order valence-electron chi connectivity index (χ3n) is 5.25. The van der Waals surface area contributed by atoms with Crippen LogP contribution in [0.15, 0.2) is 29.3 Å². The molecule has 1 aromatic carbocycles. The van der Waals surface area contributed by atoms with Crippen molar-refractivity contribution in [2.75, 3.05) is 53.5 Å². The third kappa shape index (κ3) is 6.41. The molecule has 0 saturated carbocycles. The lowest BCUT2D eigenvalue weighted by molar-refractivity contribution is 0.249. The summed E-state index contributed by atoms with van der Waals surface area (Å²) in [5, 5.41) is 3.48. The monoisotopic (exact) mass is 488 g/mol. The Morgan fingerprint density at radius 1 is 1.22 bits per heavy atom. The summed E-state index contributed by atoms with van der Waals surface area (Å²) in [5.74, 6) is 2.69. The van der Waals surface area contributed by atoms with Crippen molar-refractivity contribution in [1.82, 2.24) is 15.1 Å². The molecule has 0 spiro atoms. The minimum atomic E-state index is 0. The second-order valence-corrected chi connectivity index (χ2v) is 6.99. The molecule has 1 N–H and O–H groups in total. The molecule has 6 nitrogen and oxygen atoms in total. The van der Waals surface area contributed by atoms with Crippen molar-refractivity contribution < 1.29 is 9.47 Å². The minimum absolute atomic E-state index is 0. The number of benzene rings is 1. The number of likely N-dealkylation sites (tertiary alicyclic amines) is 2. The Balaban J connectivity index is 0.00000261. The van der Waals surface area contributed by atoms with E-state index in [0.29, 0.717) is 12.6 Å². The standard InChI is InChI=1S/C20H32N4O2.HI/c1-21-20(24-13-9-17(16-24)23-11-3-4-12-23)22-10-6-14-26-19-8-5-7-18(15-19)25-2;/h5,7-8,15,17H,3-4,6,9-14,16H2,1-2H3,(H,21,22);1H. The molecule has 0 aromatic heterocycles. The summed E-state index contributed by atoms with van der Waals surface area (Å²) < 4.78 is 11.0. The molecule has 0 bridgehead atoms. The number of rotatable bonds is 7. The van der Waals surface area contributed by atoms with E-state index in [-0.39, 0.29) is 24.0 Å². The largest absolute Gasteiger partial charge is 0.497 e. The van der Waals surface area contributed by atoms with Crippen molar-refractivity contribution in [3.8, 4) is 11.5 Å². The van der Waals surface area contributed by atoms with Crippen LogP contribution in [0, 0.1) is 0 Å². The van der Waals surface area contributed by atoms with Crippen molar-refractivity contribution in [1.29, 1.82) is 0 Å². The van der Waals surface area contributed by atoms with Gasteiger partial charge in [-0.25, -0.2) is 0 Å². The van der Waals surface area contributed by atoms with Gasteiger partial charge in [-0.1, -0.05) is 6.07 Å². The molecule has 2 heterocycles.